The van der Waals surface area contributed by atoms with Gasteiger partial charge in [-0.3, -0.25) is 9.36 Å². The minimum absolute atomic E-state index is 0.175. The van der Waals surface area contributed by atoms with Gasteiger partial charge in [-0.2, -0.15) is 5.10 Å². The Balaban J connectivity index is 1.62. The molecule has 0 spiro atoms. The number of hydrogen-bond acceptors (Lipinski definition) is 6. The molecule has 0 unspecified atom stereocenters. The van der Waals surface area contributed by atoms with Gasteiger partial charge in [0.05, 0.1) is 17.1 Å². The molecule has 0 aliphatic heterocycles. The standard InChI is InChI=1S/C28H18Cl2N6OS/c1-38-26-23-25(36(34-26)21-5-3-2-4-6-21)33-24(35(27(23)37)20-13-11-19(29)12-14-20)18-9-7-17(8-10-18)22-15-16-31-28(30)32-22/h2-16H,1H3. The number of aromatic nitrogens is 6. The van der Waals surface area contributed by atoms with E-state index < -0.39 is 0 Å². The fourth-order valence-electron chi connectivity index (χ4n) is 4.24. The van der Waals surface area contributed by atoms with Crippen molar-refractivity contribution < 1.29 is 0 Å². The average molecular weight is 557 g/mol. The van der Waals surface area contributed by atoms with Crippen molar-refractivity contribution in [3.63, 3.8) is 0 Å². The number of fused-ring (bicyclic) bond motifs is 1. The smallest absolute Gasteiger partial charge is 0.268 e. The predicted molar refractivity (Wildman–Crippen MR) is 153 cm³/mol. The molecule has 3 aromatic carbocycles. The molecule has 0 N–H and O–H groups in total. The van der Waals surface area contributed by atoms with Gasteiger partial charge in [0.1, 0.15) is 16.2 Å². The molecule has 6 rings (SSSR count). The lowest BCUT2D eigenvalue weighted by molar-refractivity contribution is 0.851. The molecule has 0 atom stereocenters. The molecule has 0 radical (unpaired) electrons. The second-order valence-corrected chi connectivity index (χ2v) is 9.87. The van der Waals surface area contributed by atoms with Gasteiger partial charge in [0.15, 0.2) is 5.65 Å². The Bertz CT molecular complexity index is 1840. The minimum atomic E-state index is -0.217. The van der Waals surface area contributed by atoms with Crippen LogP contribution in [0.5, 0.6) is 0 Å². The maximum absolute atomic E-state index is 14.1. The maximum atomic E-state index is 14.1. The minimum Gasteiger partial charge on any atom is -0.268 e. The first kappa shape index (κ1) is 24.4. The largest absolute Gasteiger partial charge is 0.270 e. The second-order valence-electron chi connectivity index (χ2n) is 8.30. The van der Waals surface area contributed by atoms with Gasteiger partial charge in [-0.05, 0) is 60.3 Å². The van der Waals surface area contributed by atoms with Crippen molar-refractivity contribution in [2.45, 2.75) is 5.03 Å². The van der Waals surface area contributed by atoms with Crippen molar-refractivity contribution in [2.24, 2.45) is 0 Å². The van der Waals surface area contributed by atoms with Crippen LogP contribution in [-0.4, -0.2) is 35.6 Å². The summed E-state index contributed by atoms with van der Waals surface area (Å²) < 4.78 is 3.32. The van der Waals surface area contributed by atoms with Crippen molar-refractivity contribution >= 4 is 46.0 Å². The lowest BCUT2D eigenvalue weighted by atomic mass is 10.1. The van der Waals surface area contributed by atoms with Crippen LogP contribution in [0.15, 0.2) is 101 Å². The Kier molecular flexibility index (Phi) is 6.45. The molecule has 0 aliphatic carbocycles. The van der Waals surface area contributed by atoms with E-state index >= 15 is 0 Å². The van der Waals surface area contributed by atoms with Gasteiger partial charge in [0.25, 0.3) is 5.56 Å². The normalized spacial score (nSPS) is 11.2. The van der Waals surface area contributed by atoms with Crippen molar-refractivity contribution in [1.82, 2.24) is 29.3 Å². The molecular weight excluding hydrogens is 539 g/mol. The molecule has 0 aliphatic rings. The summed E-state index contributed by atoms with van der Waals surface area (Å²) in [5.74, 6) is 0.474. The zero-order chi connectivity index (χ0) is 26.2. The monoisotopic (exact) mass is 556 g/mol. The molecule has 3 heterocycles. The van der Waals surface area contributed by atoms with Crippen molar-refractivity contribution in [3.8, 4) is 34.0 Å². The Hall–Kier alpha value is -3.98. The van der Waals surface area contributed by atoms with Crippen LogP contribution in [0.2, 0.25) is 10.3 Å². The number of nitrogens with zero attached hydrogens (tertiary/aromatic N) is 6. The van der Waals surface area contributed by atoms with Crippen molar-refractivity contribution in [2.75, 3.05) is 6.26 Å². The number of para-hydroxylation sites is 1. The summed E-state index contributed by atoms with van der Waals surface area (Å²) in [5, 5.41) is 6.55. The third-order valence-corrected chi connectivity index (χ3v) is 7.12. The summed E-state index contributed by atoms with van der Waals surface area (Å²) in [5.41, 5.74) is 4.03. The number of benzene rings is 3. The van der Waals surface area contributed by atoms with Crippen LogP contribution in [0, 0.1) is 0 Å². The third-order valence-electron chi connectivity index (χ3n) is 6.01. The first-order valence-electron chi connectivity index (χ1n) is 11.5. The highest BCUT2D eigenvalue weighted by Crippen LogP contribution is 2.30. The third kappa shape index (κ3) is 4.36. The molecular formula is C28H18Cl2N6OS. The van der Waals surface area contributed by atoms with Crippen LogP contribution in [0.3, 0.4) is 0 Å². The van der Waals surface area contributed by atoms with Gasteiger partial charge < -0.3 is 0 Å². The SMILES string of the molecule is CSc1nn(-c2ccccc2)c2nc(-c3ccc(-c4ccnc(Cl)n4)cc3)n(-c3ccc(Cl)cc3)c(=O)c12. The molecule has 10 heteroatoms. The van der Waals surface area contributed by atoms with Crippen molar-refractivity contribution in [1.29, 1.82) is 0 Å². The van der Waals surface area contributed by atoms with E-state index in [0.29, 0.717) is 38.3 Å². The van der Waals surface area contributed by atoms with E-state index in [2.05, 4.69) is 9.97 Å². The van der Waals surface area contributed by atoms with Crippen LogP contribution in [-0.2, 0) is 0 Å². The molecule has 7 nitrogen and oxygen atoms in total. The summed E-state index contributed by atoms with van der Waals surface area (Å²) in [6, 6.07) is 26.2. The van der Waals surface area contributed by atoms with E-state index in [1.165, 1.54) is 11.8 Å². The molecule has 3 aromatic heterocycles. The highest BCUT2D eigenvalue weighted by molar-refractivity contribution is 7.98. The Labute approximate surface area is 231 Å². The Morgan fingerprint density at radius 1 is 0.789 bits per heavy atom. The first-order valence-corrected chi connectivity index (χ1v) is 13.5. The molecule has 0 amide bonds. The van der Waals surface area contributed by atoms with E-state index in [1.807, 2.05) is 60.9 Å². The molecule has 0 saturated carbocycles. The summed E-state index contributed by atoms with van der Waals surface area (Å²) in [4.78, 5) is 27.4. The molecule has 38 heavy (non-hydrogen) atoms. The number of hydrogen-bond donors (Lipinski definition) is 0. The molecule has 186 valence electrons. The molecule has 0 fully saturated rings. The van der Waals surface area contributed by atoms with E-state index in [-0.39, 0.29) is 10.8 Å². The van der Waals surface area contributed by atoms with Crippen molar-refractivity contribution in [3.05, 3.63) is 112 Å². The second kappa shape index (κ2) is 10.1. The fourth-order valence-corrected chi connectivity index (χ4v) is 5.06. The summed E-state index contributed by atoms with van der Waals surface area (Å²) in [6.07, 6.45) is 3.51. The number of thioether (sulfide) groups is 1. The van der Waals surface area contributed by atoms with Gasteiger partial charge in [0.2, 0.25) is 5.28 Å². The molecule has 0 saturated heterocycles. The Morgan fingerprint density at radius 3 is 2.18 bits per heavy atom. The zero-order valence-electron chi connectivity index (χ0n) is 19.9. The van der Waals surface area contributed by atoms with Crippen LogP contribution < -0.4 is 5.56 Å². The lowest BCUT2D eigenvalue weighted by Gasteiger charge is -2.14. The van der Waals surface area contributed by atoms with E-state index in [1.54, 1.807) is 45.8 Å². The lowest BCUT2D eigenvalue weighted by Crippen LogP contribution is -2.22. The van der Waals surface area contributed by atoms with Gasteiger partial charge in [-0.15, -0.1) is 11.8 Å². The highest BCUT2D eigenvalue weighted by Gasteiger charge is 2.22. The average Bonchev–Trinajstić information content (AvgIpc) is 3.33. The number of halogens is 2. The van der Waals surface area contributed by atoms with Crippen LogP contribution in [0.25, 0.3) is 45.1 Å². The van der Waals surface area contributed by atoms with Crippen LogP contribution in [0.4, 0.5) is 0 Å². The van der Waals surface area contributed by atoms with Gasteiger partial charge in [-0.1, -0.05) is 54.1 Å². The summed E-state index contributed by atoms with van der Waals surface area (Å²) in [6.45, 7) is 0. The molecule has 0 bridgehead atoms. The molecule has 6 aromatic rings. The van der Waals surface area contributed by atoms with Gasteiger partial charge in [-0.25, -0.2) is 19.6 Å². The van der Waals surface area contributed by atoms with E-state index in [4.69, 9.17) is 33.3 Å². The first-order chi connectivity index (χ1) is 18.5. The highest BCUT2D eigenvalue weighted by atomic mass is 35.5. The van der Waals surface area contributed by atoms with E-state index in [0.717, 1.165) is 16.8 Å². The Morgan fingerprint density at radius 2 is 1.50 bits per heavy atom. The predicted octanol–water partition coefficient (Wildman–Crippen LogP) is 6.72. The summed E-state index contributed by atoms with van der Waals surface area (Å²) in [7, 11) is 0. The fraction of sp³-hybridized carbons (Fsp3) is 0.0357. The zero-order valence-corrected chi connectivity index (χ0v) is 22.2. The van der Waals surface area contributed by atoms with Crippen LogP contribution in [0.1, 0.15) is 0 Å². The topological polar surface area (TPSA) is 78.5 Å². The maximum Gasteiger partial charge on any atom is 0.270 e. The van der Waals surface area contributed by atoms with Crippen LogP contribution >= 0.6 is 35.0 Å². The number of rotatable bonds is 5. The van der Waals surface area contributed by atoms with E-state index in [9.17, 15) is 4.79 Å². The quantitative estimate of drug-likeness (QED) is 0.173. The van der Waals surface area contributed by atoms with Gasteiger partial charge in [0, 0.05) is 22.3 Å². The summed E-state index contributed by atoms with van der Waals surface area (Å²) >= 11 is 13.5. The van der Waals surface area contributed by atoms with Gasteiger partial charge >= 0.3 is 0 Å².